The molecule has 0 atom stereocenters. The number of imidazole rings is 1. The first-order valence-electron chi connectivity index (χ1n) is 9.81. The van der Waals surface area contributed by atoms with Crippen LogP contribution in [0.15, 0.2) is 36.2 Å². The Morgan fingerprint density at radius 2 is 1.97 bits per heavy atom. The zero-order valence-corrected chi connectivity index (χ0v) is 17.4. The Morgan fingerprint density at radius 3 is 2.61 bits per heavy atom. The van der Waals surface area contributed by atoms with Crippen molar-refractivity contribution in [2.45, 2.75) is 25.1 Å². The average molecular weight is 478 g/mol. The van der Waals surface area contributed by atoms with Crippen molar-refractivity contribution in [3.63, 3.8) is 0 Å². The summed E-state index contributed by atoms with van der Waals surface area (Å²) in [5.74, 6) is -0.469. The fourth-order valence-corrected chi connectivity index (χ4v) is 3.51. The second kappa shape index (κ2) is 7.66. The van der Waals surface area contributed by atoms with Crippen LogP contribution in [0.2, 0.25) is 5.02 Å². The van der Waals surface area contributed by atoms with Gasteiger partial charge in [0.15, 0.2) is 17.2 Å². The van der Waals surface area contributed by atoms with Crippen LogP contribution in [-0.4, -0.2) is 32.3 Å². The van der Waals surface area contributed by atoms with Gasteiger partial charge in [0.05, 0.1) is 11.9 Å². The Hall–Kier alpha value is -3.80. The molecule has 1 saturated carbocycles. The molecule has 33 heavy (non-hydrogen) atoms. The Labute approximate surface area is 189 Å². The van der Waals surface area contributed by atoms with Gasteiger partial charge < -0.3 is 16.0 Å². The van der Waals surface area contributed by atoms with Crippen LogP contribution in [0.1, 0.15) is 24.2 Å². The minimum absolute atomic E-state index is 0.0672. The summed E-state index contributed by atoms with van der Waals surface area (Å²) < 4.78 is 42.8. The first-order valence-corrected chi connectivity index (χ1v) is 10.2. The number of imide groups is 1. The topological polar surface area (TPSA) is 112 Å². The predicted octanol–water partition coefficient (Wildman–Crippen LogP) is 3.90. The molecule has 170 valence electrons. The molecule has 1 saturated heterocycles. The molecule has 0 spiro atoms. The smallest absolute Gasteiger partial charge is 0.364 e. The summed E-state index contributed by atoms with van der Waals surface area (Å²) in [7, 11) is 0. The quantitative estimate of drug-likeness (QED) is 0.327. The number of alkyl halides is 3. The Balaban J connectivity index is 1.70. The summed E-state index contributed by atoms with van der Waals surface area (Å²) >= 11 is 6.02. The molecule has 9 nitrogen and oxygen atoms in total. The Bertz CT molecular complexity index is 1330. The van der Waals surface area contributed by atoms with Crippen molar-refractivity contribution in [3.8, 4) is 0 Å². The molecule has 0 radical (unpaired) electrons. The number of urea groups is 1. The van der Waals surface area contributed by atoms with Gasteiger partial charge in [-0.2, -0.15) is 13.2 Å². The number of aromatic nitrogens is 3. The number of amides is 3. The Kier molecular flexibility index (Phi) is 4.89. The second-order valence-electron chi connectivity index (χ2n) is 7.53. The number of hydrogen-bond acceptors (Lipinski definition) is 6. The number of nitrogens with one attached hydrogen (secondary N) is 4. The van der Waals surface area contributed by atoms with Crippen LogP contribution in [0.25, 0.3) is 11.7 Å². The van der Waals surface area contributed by atoms with Gasteiger partial charge in [-0.05, 0) is 37.1 Å². The van der Waals surface area contributed by atoms with Crippen LogP contribution < -0.4 is 21.3 Å². The SMILES string of the molecule is O=C1NC(=O)/C(=C/c2c(C(F)(F)F)nc3c(NC4CC4)nc(Nc4cccc(Cl)c4)cn23)N1. The molecule has 4 N–H and O–H groups in total. The van der Waals surface area contributed by atoms with Crippen molar-refractivity contribution in [1.29, 1.82) is 0 Å². The summed E-state index contributed by atoms with van der Waals surface area (Å²) in [5.41, 5.74) is -1.47. The lowest BCUT2D eigenvalue weighted by Gasteiger charge is -2.12. The summed E-state index contributed by atoms with van der Waals surface area (Å²) in [5, 5.41) is 10.7. The maximum atomic E-state index is 13.9. The van der Waals surface area contributed by atoms with Crippen molar-refractivity contribution in [3.05, 3.63) is 52.6 Å². The highest BCUT2D eigenvalue weighted by Crippen LogP contribution is 2.36. The van der Waals surface area contributed by atoms with Gasteiger partial charge in [0.1, 0.15) is 11.5 Å². The van der Waals surface area contributed by atoms with Crippen LogP contribution in [0.4, 0.5) is 35.3 Å². The molecule has 13 heteroatoms. The van der Waals surface area contributed by atoms with Gasteiger partial charge >= 0.3 is 12.2 Å². The largest absolute Gasteiger partial charge is 0.435 e. The van der Waals surface area contributed by atoms with Crippen LogP contribution in [0.5, 0.6) is 0 Å². The number of rotatable bonds is 5. The van der Waals surface area contributed by atoms with E-state index in [1.165, 1.54) is 10.6 Å². The van der Waals surface area contributed by atoms with Crippen LogP contribution in [0.3, 0.4) is 0 Å². The third kappa shape index (κ3) is 4.29. The van der Waals surface area contributed by atoms with E-state index in [0.717, 1.165) is 18.9 Å². The van der Waals surface area contributed by atoms with E-state index in [2.05, 4.69) is 25.9 Å². The van der Waals surface area contributed by atoms with E-state index in [9.17, 15) is 22.8 Å². The van der Waals surface area contributed by atoms with Crippen LogP contribution >= 0.6 is 11.6 Å². The third-order valence-electron chi connectivity index (χ3n) is 4.93. The van der Waals surface area contributed by atoms with Gasteiger partial charge in [0, 0.05) is 16.8 Å². The van der Waals surface area contributed by atoms with E-state index in [0.29, 0.717) is 10.7 Å². The number of benzene rings is 1. The molecular formula is C20H15ClF3N7O2. The molecule has 3 amide bonds. The minimum atomic E-state index is -4.82. The maximum Gasteiger partial charge on any atom is 0.435 e. The first-order chi connectivity index (χ1) is 15.7. The van der Waals surface area contributed by atoms with Crippen molar-refractivity contribution < 1.29 is 22.8 Å². The normalized spacial score (nSPS) is 17.4. The average Bonchev–Trinajstić information content (AvgIpc) is 3.37. The van der Waals surface area contributed by atoms with E-state index < -0.39 is 29.5 Å². The molecule has 2 aromatic heterocycles. The van der Waals surface area contributed by atoms with E-state index in [-0.39, 0.29) is 29.0 Å². The summed E-state index contributed by atoms with van der Waals surface area (Å²) in [6.07, 6.45) is -0.842. The van der Waals surface area contributed by atoms with Gasteiger partial charge in [-0.15, -0.1) is 0 Å². The van der Waals surface area contributed by atoms with Gasteiger partial charge in [-0.25, -0.2) is 14.8 Å². The summed E-state index contributed by atoms with van der Waals surface area (Å²) in [6, 6.07) is 6.01. The molecule has 1 aliphatic heterocycles. The fraction of sp³-hybridized carbons (Fsp3) is 0.200. The first kappa shape index (κ1) is 21.1. The van der Waals surface area contributed by atoms with Gasteiger partial charge in [0.25, 0.3) is 5.91 Å². The minimum Gasteiger partial charge on any atom is -0.364 e. The molecule has 0 bridgehead atoms. The summed E-state index contributed by atoms with van der Waals surface area (Å²) in [4.78, 5) is 31.6. The molecule has 1 aromatic carbocycles. The molecule has 5 rings (SSSR count). The van der Waals surface area contributed by atoms with Crippen molar-refractivity contribution in [2.75, 3.05) is 10.6 Å². The van der Waals surface area contributed by atoms with E-state index in [1.54, 1.807) is 24.3 Å². The number of carbonyl (C=O) groups excluding carboxylic acids is 2. The van der Waals surface area contributed by atoms with Gasteiger partial charge in [-0.1, -0.05) is 17.7 Å². The number of hydrogen-bond donors (Lipinski definition) is 4. The maximum absolute atomic E-state index is 13.9. The fourth-order valence-electron chi connectivity index (χ4n) is 3.32. The van der Waals surface area contributed by atoms with Crippen molar-refractivity contribution >= 4 is 52.6 Å². The predicted molar refractivity (Wildman–Crippen MR) is 114 cm³/mol. The van der Waals surface area contributed by atoms with Crippen molar-refractivity contribution in [1.82, 2.24) is 25.0 Å². The number of carbonyl (C=O) groups is 2. The molecule has 0 unspecified atom stereocenters. The zero-order chi connectivity index (χ0) is 23.3. The highest BCUT2D eigenvalue weighted by Gasteiger charge is 2.39. The molecule has 3 aromatic rings. The zero-order valence-electron chi connectivity index (χ0n) is 16.6. The molecule has 2 aliphatic rings. The number of fused-ring (bicyclic) bond motifs is 1. The third-order valence-corrected chi connectivity index (χ3v) is 5.16. The van der Waals surface area contributed by atoms with Gasteiger partial charge in [-0.3, -0.25) is 14.5 Å². The van der Waals surface area contributed by atoms with Crippen molar-refractivity contribution in [2.24, 2.45) is 0 Å². The lowest BCUT2D eigenvalue weighted by Crippen LogP contribution is -2.22. The lowest BCUT2D eigenvalue weighted by molar-refractivity contribution is -0.141. The standard InChI is InChI=1S/C20H15ClF3N7O2/c21-9-2-1-3-11(6-9)25-14-8-31-13(7-12-18(32)30-19(33)27-12)15(20(22,23)24)29-17(31)16(28-14)26-10-4-5-10/h1-3,6-8,10,25H,4-5H2,(H,26,28)(H2,27,30,32,33)/b12-7-. The van der Waals surface area contributed by atoms with E-state index in [1.807, 2.05) is 5.32 Å². The highest BCUT2D eigenvalue weighted by molar-refractivity contribution is 6.30. The highest BCUT2D eigenvalue weighted by atomic mass is 35.5. The molecule has 3 heterocycles. The summed E-state index contributed by atoms with van der Waals surface area (Å²) in [6.45, 7) is 0. The second-order valence-corrected chi connectivity index (χ2v) is 7.97. The molecule has 1 aliphatic carbocycles. The monoisotopic (exact) mass is 477 g/mol. The number of halogens is 4. The number of anilines is 3. The molecule has 2 fully saturated rings. The van der Waals surface area contributed by atoms with Gasteiger partial charge in [0.2, 0.25) is 0 Å². The van der Waals surface area contributed by atoms with Crippen LogP contribution in [-0.2, 0) is 11.0 Å². The van der Waals surface area contributed by atoms with Crippen LogP contribution in [0, 0.1) is 0 Å². The lowest BCUT2D eigenvalue weighted by atomic mass is 10.2. The van der Waals surface area contributed by atoms with E-state index >= 15 is 0 Å². The Morgan fingerprint density at radius 1 is 1.18 bits per heavy atom. The molecular weight excluding hydrogens is 463 g/mol. The van der Waals surface area contributed by atoms with E-state index in [4.69, 9.17) is 11.6 Å². The number of nitrogens with zero attached hydrogens (tertiary/aromatic N) is 3.